The molecule has 1 fully saturated rings. The number of nitrogens with one attached hydrogen (secondary N) is 3. The van der Waals surface area contributed by atoms with Gasteiger partial charge in [-0.1, -0.05) is 11.6 Å². The van der Waals surface area contributed by atoms with Crippen molar-refractivity contribution in [1.82, 2.24) is 19.9 Å². The van der Waals surface area contributed by atoms with Gasteiger partial charge in [-0.25, -0.2) is 9.78 Å². The molecule has 0 bridgehead atoms. The topological polar surface area (TPSA) is 84.0 Å². The number of fused-ring (bicyclic) bond motifs is 1. The Hall–Kier alpha value is -2.51. The van der Waals surface area contributed by atoms with Crippen LogP contribution < -0.4 is 21.1 Å². The van der Waals surface area contributed by atoms with Gasteiger partial charge in [-0.2, -0.15) is 0 Å². The number of benzene rings is 1. The molecule has 4 rings (SSSR count). The summed E-state index contributed by atoms with van der Waals surface area (Å²) in [7, 11) is 1.60. The molecule has 1 aliphatic rings. The van der Waals surface area contributed by atoms with Gasteiger partial charge >= 0.3 is 5.69 Å². The molecule has 8 heteroatoms. The molecule has 1 aromatic carbocycles. The number of methoxy groups -OCH3 is 1. The maximum absolute atomic E-state index is 12.5. The van der Waals surface area contributed by atoms with Crippen LogP contribution in [0.2, 0.25) is 5.02 Å². The number of aromatic nitrogens is 3. The van der Waals surface area contributed by atoms with E-state index in [9.17, 15) is 4.79 Å². The lowest BCUT2D eigenvalue weighted by Gasteiger charge is -2.12. The first-order valence-electron chi connectivity index (χ1n) is 9.00. The fourth-order valence-corrected chi connectivity index (χ4v) is 3.65. The van der Waals surface area contributed by atoms with E-state index < -0.39 is 0 Å². The predicted molar refractivity (Wildman–Crippen MR) is 107 cm³/mol. The third-order valence-electron chi connectivity index (χ3n) is 4.92. The lowest BCUT2D eigenvalue weighted by Crippen LogP contribution is -2.19. The van der Waals surface area contributed by atoms with Crippen LogP contribution in [-0.4, -0.2) is 41.3 Å². The first-order chi connectivity index (χ1) is 13.1. The molecule has 1 atom stereocenters. The Morgan fingerprint density at radius 1 is 1.37 bits per heavy atom. The highest BCUT2D eigenvalue weighted by molar-refractivity contribution is 6.30. The van der Waals surface area contributed by atoms with Crippen LogP contribution in [-0.2, 0) is 6.54 Å². The van der Waals surface area contributed by atoms with Crippen molar-refractivity contribution in [3.63, 3.8) is 0 Å². The number of aromatic amines is 1. The highest BCUT2D eigenvalue weighted by atomic mass is 35.5. The number of H-pyrrole nitrogens is 1. The average molecular weight is 388 g/mol. The minimum atomic E-state index is -0.211. The van der Waals surface area contributed by atoms with Crippen molar-refractivity contribution >= 4 is 28.6 Å². The molecular weight excluding hydrogens is 366 g/mol. The van der Waals surface area contributed by atoms with E-state index in [4.69, 9.17) is 16.3 Å². The number of hydrogen-bond acceptors (Lipinski definition) is 5. The van der Waals surface area contributed by atoms with Crippen molar-refractivity contribution < 1.29 is 4.74 Å². The molecule has 2 aromatic heterocycles. The second-order valence-electron chi connectivity index (χ2n) is 6.78. The molecule has 142 valence electrons. The third-order valence-corrected chi connectivity index (χ3v) is 5.16. The Morgan fingerprint density at radius 3 is 3.04 bits per heavy atom. The number of imidazole rings is 1. The van der Waals surface area contributed by atoms with Gasteiger partial charge in [0.15, 0.2) is 5.65 Å². The minimum Gasteiger partial charge on any atom is -0.496 e. The minimum absolute atomic E-state index is 0.211. The molecule has 0 radical (unpaired) electrons. The van der Waals surface area contributed by atoms with Gasteiger partial charge in [0.05, 0.1) is 19.2 Å². The monoisotopic (exact) mass is 387 g/mol. The Labute approximate surface area is 161 Å². The number of ether oxygens (including phenoxy) is 1. The standard InChI is InChI=1S/C19H22ClN5O2/c1-27-16-4-2-14(20)8-13(16)11-25-18-15(23-19(25)26)3-5-17(24-18)22-10-12-6-7-21-9-12/h2-5,8,12,21H,6-7,9-11H2,1H3,(H,22,24)(H,23,26)/t12-/m1/s1. The molecule has 0 aliphatic carbocycles. The molecule has 1 saturated heterocycles. The molecular formula is C19H22ClN5O2. The Bertz CT molecular complexity index is 1010. The van der Waals surface area contributed by atoms with Crippen LogP contribution in [0.4, 0.5) is 5.82 Å². The Kier molecular flexibility index (Phi) is 5.05. The number of pyridine rings is 1. The SMILES string of the molecule is COc1ccc(Cl)cc1Cn1c(=O)[nH]c2ccc(NC[C@@H]3CCNC3)nc21. The van der Waals surface area contributed by atoms with E-state index in [1.807, 2.05) is 12.1 Å². The fraction of sp³-hybridized carbons (Fsp3) is 0.368. The van der Waals surface area contributed by atoms with E-state index in [1.54, 1.807) is 29.9 Å². The largest absolute Gasteiger partial charge is 0.496 e. The molecule has 0 saturated carbocycles. The predicted octanol–water partition coefficient (Wildman–Crippen LogP) is 2.46. The van der Waals surface area contributed by atoms with Crippen molar-refractivity contribution in [1.29, 1.82) is 0 Å². The molecule has 27 heavy (non-hydrogen) atoms. The Morgan fingerprint density at radius 2 is 2.26 bits per heavy atom. The van der Waals surface area contributed by atoms with Crippen LogP contribution in [0.15, 0.2) is 35.1 Å². The summed E-state index contributed by atoms with van der Waals surface area (Å²) < 4.78 is 7.00. The number of hydrogen-bond donors (Lipinski definition) is 3. The molecule has 0 unspecified atom stereocenters. The second-order valence-corrected chi connectivity index (χ2v) is 7.22. The van der Waals surface area contributed by atoms with Crippen LogP contribution in [0.5, 0.6) is 5.75 Å². The third kappa shape index (κ3) is 3.79. The van der Waals surface area contributed by atoms with Crippen LogP contribution in [0.25, 0.3) is 11.2 Å². The van der Waals surface area contributed by atoms with Crippen LogP contribution >= 0.6 is 11.6 Å². The van der Waals surface area contributed by atoms with E-state index in [2.05, 4.69) is 20.6 Å². The summed E-state index contributed by atoms with van der Waals surface area (Å²) in [5.41, 5.74) is 1.92. The first kappa shape index (κ1) is 17.9. The van der Waals surface area contributed by atoms with Gasteiger partial charge in [0.1, 0.15) is 11.6 Å². The van der Waals surface area contributed by atoms with E-state index >= 15 is 0 Å². The molecule has 3 aromatic rings. The quantitative estimate of drug-likeness (QED) is 0.605. The van der Waals surface area contributed by atoms with Gasteiger partial charge < -0.3 is 20.4 Å². The number of rotatable bonds is 6. The van der Waals surface area contributed by atoms with Gasteiger partial charge in [-0.3, -0.25) is 4.57 Å². The summed E-state index contributed by atoms with van der Waals surface area (Å²) in [6.45, 7) is 3.28. The van der Waals surface area contributed by atoms with Crippen molar-refractivity contribution in [3.05, 3.63) is 51.4 Å². The average Bonchev–Trinajstić information content (AvgIpc) is 3.28. The molecule has 7 nitrogen and oxygen atoms in total. The van der Waals surface area contributed by atoms with Crippen molar-refractivity contribution in [3.8, 4) is 5.75 Å². The number of anilines is 1. The van der Waals surface area contributed by atoms with Crippen LogP contribution in [0, 0.1) is 5.92 Å². The molecule has 0 spiro atoms. The van der Waals surface area contributed by atoms with Gasteiger partial charge in [-0.05, 0) is 55.8 Å². The molecule has 3 N–H and O–H groups in total. The maximum Gasteiger partial charge on any atom is 0.327 e. The highest BCUT2D eigenvalue weighted by Gasteiger charge is 2.15. The van der Waals surface area contributed by atoms with Crippen molar-refractivity contribution in [2.24, 2.45) is 5.92 Å². The number of nitrogens with zero attached hydrogens (tertiary/aromatic N) is 2. The Balaban J connectivity index is 1.63. The van der Waals surface area contributed by atoms with E-state index in [0.29, 0.717) is 34.4 Å². The van der Waals surface area contributed by atoms with Gasteiger partial charge in [-0.15, -0.1) is 0 Å². The van der Waals surface area contributed by atoms with E-state index in [1.165, 1.54) is 6.42 Å². The van der Waals surface area contributed by atoms with Crippen LogP contribution in [0.3, 0.4) is 0 Å². The molecule has 1 aliphatic heterocycles. The summed E-state index contributed by atoms with van der Waals surface area (Å²) in [4.78, 5) is 20.0. The van der Waals surface area contributed by atoms with Gasteiger partial charge in [0.2, 0.25) is 0 Å². The van der Waals surface area contributed by atoms with Crippen LogP contribution in [0.1, 0.15) is 12.0 Å². The summed E-state index contributed by atoms with van der Waals surface area (Å²) in [5.74, 6) is 2.05. The van der Waals surface area contributed by atoms with Crippen molar-refractivity contribution in [2.45, 2.75) is 13.0 Å². The lowest BCUT2D eigenvalue weighted by atomic mass is 10.1. The first-order valence-corrected chi connectivity index (χ1v) is 9.38. The summed E-state index contributed by atoms with van der Waals surface area (Å²) in [6.07, 6.45) is 1.17. The van der Waals surface area contributed by atoms with E-state index in [-0.39, 0.29) is 5.69 Å². The molecule has 0 amide bonds. The zero-order valence-corrected chi connectivity index (χ0v) is 15.8. The molecule has 3 heterocycles. The normalized spacial score (nSPS) is 16.7. The lowest BCUT2D eigenvalue weighted by molar-refractivity contribution is 0.408. The highest BCUT2D eigenvalue weighted by Crippen LogP contribution is 2.24. The van der Waals surface area contributed by atoms with Crippen molar-refractivity contribution in [2.75, 3.05) is 32.1 Å². The zero-order valence-electron chi connectivity index (χ0n) is 15.1. The smallest absolute Gasteiger partial charge is 0.327 e. The van der Waals surface area contributed by atoms with Gasteiger partial charge in [0, 0.05) is 17.1 Å². The summed E-state index contributed by atoms with van der Waals surface area (Å²) in [6, 6.07) is 9.14. The maximum atomic E-state index is 12.5. The van der Waals surface area contributed by atoms with E-state index in [0.717, 1.165) is 31.0 Å². The number of halogens is 1. The zero-order chi connectivity index (χ0) is 18.8. The summed E-state index contributed by atoms with van der Waals surface area (Å²) >= 11 is 6.12. The van der Waals surface area contributed by atoms with Gasteiger partial charge in [0.25, 0.3) is 0 Å². The second kappa shape index (κ2) is 7.62. The fourth-order valence-electron chi connectivity index (χ4n) is 3.45. The summed E-state index contributed by atoms with van der Waals surface area (Å²) in [5, 5.41) is 7.34.